The number of amides is 2. The van der Waals surface area contributed by atoms with E-state index in [9.17, 15) is 9.90 Å². The molecule has 7 nitrogen and oxygen atoms in total. The van der Waals surface area contributed by atoms with Crippen molar-refractivity contribution in [1.82, 2.24) is 0 Å². The topological polar surface area (TPSA) is 110 Å². The highest BCUT2D eigenvalue weighted by Crippen LogP contribution is 2.37. The maximum Gasteiger partial charge on any atom is 0.323 e. The standard InChI is InChI=1S/C16H17N5O2/c1-9-4-6-12(7-5-9)18-16(23)19-14-10(2)8-13(22)15(11(14)3)20-21-17/h4-8,22H,1-3H3,(H2,18,19,23). The number of rotatable bonds is 3. The molecule has 0 aliphatic carbocycles. The Bertz CT molecular complexity index is 793. The Hall–Kier alpha value is -3.18. The Morgan fingerprint density at radius 3 is 2.43 bits per heavy atom. The fourth-order valence-electron chi connectivity index (χ4n) is 2.23. The molecule has 2 rings (SSSR count). The number of aromatic hydroxyl groups is 1. The number of hydrogen-bond donors (Lipinski definition) is 3. The van der Waals surface area contributed by atoms with Crippen LogP contribution in [0.3, 0.4) is 0 Å². The second-order valence-corrected chi connectivity index (χ2v) is 5.20. The number of carbonyl (C=O) groups is 1. The molecule has 0 radical (unpaired) electrons. The van der Waals surface area contributed by atoms with E-state index in [-0.39, 0.29) is 11.4 Å². The molecule has 2 aromatic carbocycles. The summed E-state index contributed by atoms with van der Waals surface area (Å²) in [6.07, 6.45) is 0. The molecule has 0 bridgehead atoms. The summed E-state index contributed by atoms with van der Waals surface area (Å²) in [5.74, 6) is -0.123. The van der Waals surface area contributed by atoms with Gasteiger partial charge in [0.1, 0.15) is 5.75 Å². The highest BCUT2D eigenvalue weighted by molar-refractivity contribution is 6.01. The van der Waals surface area contributed by atoms with Gasteiger partial charge in [0, 0.05) is 16.3 Å². The third-order valence-corrected chi connectivity index (χ3v) is 3.41. The van der Waals surface area contributed by atoms with Crippen LogP contribution in [0.25, 0.3) is 10.4 Å². The first-order valence-electron chi connectivity index (χ1n) is 6.95. The Kier molecular flexibility index (Phi) is 4.73. The first kappa shape index (κ1) is 16.2. The number of carbonyl (C=O) groups excluding carboxylic acids is 1. The van der Waals surface area contributed by atoms with Crippen LogP contribution in [0.2, 0.25) is 0 Å². The molecule has 0 aliphatic heterocycles. The molecule has 0 aromatic heterocycles. The van der Waals surface area contributed by atoms with E-state index in [0.29, 0.717) is 22.5 Å². The van der Waals surface area contributed by atoms with E-state index in [4.69, 9.17) is 5.53 Å². The van der Waals surface area contributed by atoms with Crippen molar-refractivity contribution in [3.8, 4) is 5.75 Å². The van der Waals surface area contributed by atoms with Gasteiger partial charge in [-0.3, -0.25) is 0 Å². The summed E-state index contributed by atoms with van der Waals surface area (Å²) in [6.45, 7) is 5.37. The fourth-order valence-corrected chi connectivity index (χ4v) is 2.23. The minimum atomic E-state index is -0.419. The highest BCUT2D eigenvalue weighted by Gasteiger charge is 2.14. The van der Waals surface area contributed by atoms with Gasteiger partial charge in [-0.25, -0.2) is 4.79 Å². The lowest BCUT2D eigenvalue weighted by atomic mass is 10.1. The van der Waals surface area contributed by atoms with Gasteiger partial charge in [0.25, 0.3) is 0 Å². The predicted molar refractivity (Wildman–Crippen MR) is 90.2 cm³/mol. The number of anilines is 2. The Balaban J connectivity index is 2.25. The summed E-state index contributed by atoms with van der Waals surface area (Å²) >= 11 is 0. The van der Waals surface area contributed by atoms with Gasteiger partial charge >= 0.3 is 6.03 Å². The van der Waals surface area contributed by atoms with Crippen LogP contribution >= 0.6 is 0 Å². The van der Waals surface area contributed by atoms with Crippen LogP contribution < -0.4 is 10.6 Å². The van der Waals surface area contributed by atoms with Crippen molar-refractivity contribution < 1.29 is 9.90 Å². The second-order valence-electron chi connectivity index (χ2n) is 5.20. The molecule has 0 heterocycles. The maximum absolute atomic E-state index is 12.1. The molecule has 0 saturated heterocycles. The van der Waals surface area contributed by atoms with Crippen LogP contribution in [0, 0.1) is 20.8 Å². The summed E-state index contributed by atoms with van der Waals surface area (Å²) in [5.41, 5.74) is 12.1. The van der Waals surface area contributed by atoms with Crippen LogP contribution in [0.1, 0.15) is 16.7 Å². The molecule has 23 heavy (non-hydrogen) atoms. The molecule has 0 aliphatic rings. The molecule has 0 saturated carbocycles. The van der Waals surface area contributed by atoms with E-state index >= 15 is 0 Å². The van der Waals surface area contributed by atoms with Crippen molar-refractivity contribution in [3.05, 3.63) is 57.5 Å². The average molecular weight is 311 g/mol. The van der Waals surface area contributed by atoms with Crippen molar-refractivity contribution in [3.63, 3.8) is 0 Å². The van der Waals surface area contributed by atoms with Gasteiger partial charge in [-0.1, -0.05) is 22.8 Å². The van der Waals surface area contributed by atoms with Crippen molar-refractivity contribution in [2.45, 2.75) is 20.8 Å². The van der Waals surface area contributed by atoms with Gasteiger partial charge < -0.3 is 15.7 Å². The Morgan fingerprint density at radius 1 is 1.17 bits per heavy atom. The minimum absolute atomic E-state index is 0.101. The summed E-state index contributed by atoms with van der Waals surface area (Å²) < 4.78 is 0. The molecule has 118 valence electrons. The van der Waals surface area contributed by atoms with E-state index in [2.05, 4.69) is 20.7 Å². The second kappa shape index (κ2) is 6.72. The normalized spacial score (nSPS) is 9.87. The van der Waals surface area contributed by atoms with Gasteiger partial charge in [0.15, 0.2) is 0 Å². The molecule has 2 aromatic rings. The lowest BCUT2D eigenvalue weighted by Gasteiger charge is -2.15. The summed E-state index contributed by atoms with van der Waals surface area (Å²) in [7, 11) is 0. The molecular weight excluding hydrogens is 294 g/mol. The van der Waals surface area contributed by atoms with Crippen LogP contribution in [0.5, 0.6) is 5.75 Å². The van der Waals surface area contributed by atoms with Crippen LogP contribution in [-0.4, -0.2) is 11.1 Å². The summed E-state index contributed by atoms with van der Waals surface area (Å²) in [5, 5.41) is 18.7. The van der Waals surface area contributed by atoms with Gasteiger partial charge in [-0.15, -0.1) is 0 Å². The van der Waals surface area contributed by atoms with Crippen molar-refractivity contribution in [2.75, 3.05) is 10.6 Å². The van der Waals surface area contributed by atoms with Crippen molar-refractivity contribution in [1.29, 1.82) is 0 Å². The third-order valence-electron chi connectivity index (χ3n) is 3.41. The van der Waals surface area contributed by atoms with Crippen molar-refractivity contribution >= 4 is 23.1 Å². The number of hydrogen-bond acceptors (Lipinski definition) is 3. The fraction of sp³-hybridized carbons (Fsp3) is 0.188. The number of benzene rings is 2. The van der Waals surface area contributed by atoms with Crippen molar-refractivity contribution in [2.24, 2.45) is 5.11 Å². The first-order chi connectivity index (χ1) is 10.9. The smallest absolute Gasteiger partial charge is 0.323 e. The minimum Gasteiger partial charge on any atom is -0.507 e. The van der Waals surface area contributed by atoms with E-state index in [0.717, 1.165) is 5.56 Å². The zero-order chi connectivity index (χ0) is 17.0. The number of nitrogens with zero attached hydrogens (tertiary/aromatic N) is 3. The lowest BCUT2D eigenvalue weighted by Crippen LogP contribution is -2.20. The number of nitrogens with one attached hydrogen (secondary N) is 2. The monoisotopic (exact) mass is 311 g/mol. The average Bonchev–Trinajstić information content (AvgIpc) is 2.50. The van der Waals surface area contributed by atoms with E-state index in [1.165, 1.54) is 6.07 Å². The quantitative estimate of drug-likeness (QED) is 0.324. The van der Waals surface area contributed by atoms with Gasteiger partial charge in [0.05, 0.1) is 5.69 Å². The van der Waals surface area contributed by atoms with E-state index in [1.54, 1.807) is 26.0 Å². The number of phenols is 1. The zero-order valence-corrected chi connectivity index (χ0v) is 13.1. The molecule has 3 N–H and O–H groups in total. The highest BCUT2D eigenvalue weighted by atomic mass is 16.3. The lowest BCUT2D eigenvalue weighted by molar-refractivity contribution is 0.262. The van der Waals surface area contributed by atoms with Crippen LogP contribution in [-0.2, 0) is 0 Å². The maximum atomic E-state index is 12.1. The van der Waals surface area contributed by atoms with Gasteiger partial charge in [-0.2, -0.15) is 0 Å². The van der Waals surface area contributed by atoms with Crippen LogP contribution in [0.4, 0.5) is 21.9 Å². The Morgan fingerprint density at radius 2 is 1.83 bits per heavy atom. The molecule has 0 atom stereocenters. The molecule has 0 unspecified atom stereocenters. The molecular formula is C16H17N5O2. The Labute approximate surface area is 133 Å². The van der Waals surface area contributed by atoms with E-state index in [1.807, 2.05) is 19.1 Å². The SMILES string of the molecule is Cc1ccc(NC(=O)Nc2c(C)cc(O)c(N=[N+]=[N-])c2C)cc1. The first-order valence-corrected chi connectivity index (χ1v) is 6.95. The summed E-state index contributed by atoms with van der Waals surface area (Å²) in [4.78, 5) is 14.8. The van der Waals surface area contributed by atoms with E-state index < -0.39 is 6.03 Å². The molecule has 0 fully saturated rings. The largest absolute Gasteiger partial charge is 0.507 e. The molecule has 0 spiro atoms. The third kappa shape index (κ3) is 3.72. The van der Waals surface area contributed by atoms with Crippen LogP contribution in [0.15, 0.2) is 35.4 Å². The predicted octanol–water partition coefficient (Wildman–Crippen LogP) is 4.90. The van der Waals surface area contributed by atoms with Gasteiger partial charge in [0.2, 0.25) is 0 Å². The molecule has 2 amide bonds. The van der Waals surface area contributed by atoms with Gasteiger partial charge in [-0.05, 0) is 55.6 Å². The molecule has 7 heteroatoms. The number of azide groups is 1. The number of urea groups is 1. The number of aryl methyl sites for hydroxylation is 2. The zero-order valence-electron chi connectivity index (χ0n) is 13.1. The summed E-state index contributed by atoms with van der Waals surface area (Å²) in [6, 6.07) is 8.42. The number of phenolic OH excluding ortho intramolecular Hbond substituents is 1.